The highest BCUT2D eigenvalue weighted by Crippen LogP contribution is 2.32. The van der Waals surface area contributed by atoms with Gasteiger partial charge in [-0.1, -0.05) is 5.16 Å². The standard InChI is InChI=1S/C14H17N3O2S/c1-9-6-7-12(20-9)14(18)17-8-4-3-5-11(17)13-15-10(2)16-19-13/h6-7,11H,3-5,8H2,1-2H3/t11-/m1/s1. The van der Waals surface area contributed by atoms with Crippen LogP contribution in [0.4, 0.5) is 0 Å². The molecule has 2 aromatic rings. The molecule has 0 aliphatic carbocycles. The molecule has 1 aliphatic rings. The normalized spacial score (nSPS) is 19.3. The highest BCUT2D eigenvalue weighted by atomic mass is 32.1. The van der Waals surface area contributed by atoms with Gasteiger partial charge in [0.15, 0.2) is 5.82 Å². The topological polar surface area (TPSA) is 59.2 Å². The zero-order valence-electron chi connectivity index (χ0n) is 11.6. The second kappa shape index (κ2) is 5.36. The third-order valence-corrected chi connectivity index (χ3v) is 4.53. The molecule has 20 heavy (non-hydrogen) atoms. The van der Waals surface area contributed by atoms with Crippen LogP contribution in [0.2, 0.25) is 0 Å². The van der Waals surface area contributed by atoms with Gasteiger partial charge in [0.2, 0.25) is 5.89 Å². The van der Waals surface area contributed by atoms with E-state index in [4.69, 9.17) is 4.52 Å². The first kappa shape index (κ1) is 13.3. The first-order chi connectivity index (χ1) is 9.65. The first-order valence-corrected chi connectivity index (χ1v) is 7.64. The molecule has 1 atom stereocenters. The molecule has 1 saturated heterocycles. The van der Waals surface area contributed by atoms with Gasteiger partial charge in [0.05, 0.1) is 4.88 Å². The monoisotopic (exact) mass is 291 g/mol. The van der Waals surface area contributed by atoms with Crippen LogP contribution in [-0.4, -0.2) is 27.5 Å². The highest BCUT2D eigenvalue weighted by molar-refractivity contribution is 7.13. The predicted molar refractivity (Wildman–Crippen MR) is 75.7 cm³/mol. The van der Waals surface area contributed by atoms with Crippen molar-refractivity contribution < 1.29 is 9.32 Å². The lowest BCUT2D eigenvalue weighted by Crippen LogP contribution is -2.38. The van der Waals surface area contributed by atoms with Crippen molar-refractivity contribution in [1.82, 2.24) is 15.0 Å². The van der Waals surface area contributed by atoms with Gasteiger partial charge in [0, 0.05) is 11.4 Å². The Morgan fingerprint density at radius 3 is 2.90 bits per heavy atom. The maximum atomic E-state index is 12.7. The Balaban J connectivity index is 1.87. The van der Waals surface area contributed by atoms with Crippen molar-refractivity contribution >= 4 is 17.2 Å². The lowest BCUT2D eigenvalue weighted by Gasteiger charge is -2.33. The summed E-state index contributed by atoms with van der Waals surface area (Å²) in [7, 11) is 0. The molecule has 0 bridgehead atoms. The maximum absolute atomic E-state index is 12.7. The molecule has 0 spiro atoms. The zero-order valence-corrected chi connectivity index (χ0v) is 12.4. The van der Waals surface area contributed by atoms with E-state index < -0.39 is 0 Å². The molecule has 0 radical (unpaired) electrons. The van der Waals surface area contributed by atoms with E-state index in [-0.39, 0.29) is 11.9 Å². The van der Waals surface area contributed by atoms with Crippen molar-refractivity contribution in [2.75, 3.05) is 6.54 Å². The van der Waals surface area contributed by atoms with Gasteiger partial charge >= 0.3 is 0 Å². The molecule has 6 heteroatoms. The summed E-state index contributed by atoms with van der Waals surface area (Å²) in [5, 5.41) is 3.84. The van der Waals surface area contributed by atoms with Crippen LogP contribution >= 0.6 is 11.3 Å². The summed E-state index contributed by atoms with van der Waals surface area (Å²) in [5.41, 5.74) is 0. The van der Waals surface area contributed by atoms with Crippen LogP contribution < -0.4 is 0 Å². The molecule has 0 saturated carbocycles. The van der Waals surface area contributed by atoms with E-state index in [9.17, 15) is 4.79 Å². The lowest BCUT2D eigenvalue weighted by atomic mass is 10.0. The van der Waals surface area contributed by atoms with Gasteiger partial charge < -0.3 is 9.42 Å². The van der Waals surface area contributed by atoms with Crippen molar-refractivity contribution in [3.63, 3.8) is 0 Å². The van der Waals surface area contributed by atoms with E-state index in [0.29, 0.717) is 11.7 Å². The van der Waals surface area contributed by atoms with Crippen LogP contribution in [-0.2, 0) is 0 Å². The average molecular weight is 291 g/mol. The number of amides is 1. The number of likely N-dealkylation sites (tertiary alicyclic amines) is 1. The summed E-state index contributed by atoms with van der Waals surface area (Å²) in [4.78, 5) is 20.8. The van der Waals surface area contributed by atoms with E-state index in [1.54, 1.807) is 6.92 Å². The Morgan fingerprint density at radius 2 is 2.25 bits per heavy atom. The van der Waals surface area contributed by atoms with E-state index in [1.165, 1.54) is 11.3 Å². The highest BCUT2D eigenvalue weighted by Gasteiger charge is 2.32. The molecule has 3 heterocycles. The van der Waals surface area contributed by atoms with E-state index in [0.717, 1.165) is 35.6 Å². The van der Waals surface area contributed by atoms with E-state index in [2.05, 4.69) is 10.1 Å². The summed E-state index contributed by atoms with van der Waals surface area (Å²) in [6.07, 6.45) is 3.00. The Labute approximate surface area is 121 Å². The number of rotatable bonds is 2. The quantitative estimate of drug-likeness (QED) is 0.853. The number of hydrogen-bond donors (Lipinski definition) is 0. The molecule has 0 unspecified atom stereocenters. The molecule has 106 valence electrons. The minimum atomic E-state index is -0.0835. The molecule has 2 aromatic heterocycles. The fourth-order valence-corrected chi connectivity index (χ4v) is 3.39. The lowest BCUT2D eigenvalue weighted by molar-refractivity contribution is 0.0566. The van der Waals surface area contributed by atoms with Crippen LogP contribution in [0, 0.1) is 13.8 Å². The van der Waals surface area contributed by atoms with Gasteiger partial charge in [-0.3, -0.25) is 4.79 Å². The predicted octanol–water partition coefficient (Wildman–Crippen LogP) is 3.12. The van der Waals surface area contributed by atoms with Crippen LogP contribution in [0.5, 0.6) is 0 Å². The Hall–Kier alpha value is -1.69. The fraction of sp³-hybridized carbons (Fsp3) is 0.500. The second-order valence-corrected chi connectivity index (χ2v) is 6.39. The third kappa shape index (κ3) is 2.47. The van der Waals surface area contributed by atoms with Gasteiger partial charge in [-0.25, -0.2) is 0 Å². The molecular formula is C14H17N3O2S. The first-order valence-electron chi connectivity index (χ1n) is 6.83. The van der Waals surface area contributed by atoms with Gasteiger partial charge in [-0.05, 0) is 45.2 Å². The summed E-state index contributed by atoms with van der Waals surface area (Å²) in [6, 6.07) is 3.79. The van der Waals surface area contributed by atoms with Gasteiger partial charge in [0.25, 0.3) is 5.91 Å². The van der Waals surface area contributed by atoms with Crippen molar-refractivity contribution in [2.24, 2.45) is 0 Å². The van der Waals surface area contributed by atoms with Crippen molar-refractivity contribution in [1.29, 1.82) is 0 Å². The molecule has 1 fully saturated rings. The Morgan fingerprint density at radius 1 is 1.40 bits per heavy atom. The molecule has 1 aliphatic heterocycles. The van der Waals surface area contributed by atoms with Crippen LogP contribution in [0.15, 0.2) is 16.7 Å². The molecule has 5 nitrogen and oxygen atoms in total. The fourth-order valence-electron chi connectivity index (χ4n) is 2.57. The van der Waals surface area contributed by atoms with Crippen molar-refractivity contribution in [3.05, 3.63) is 33.6 Å². The Kier molecular flexibility index (Phi) is 3.56. The second-order valence-electron chi connectivity index (χ2n) is 5.10. The average Bonchev–Trinajstić information content (AvgIpc) is 3.07. The van der Waals surface area contributed by atoms with Crippen molar-refractivity contribution in [2.45, 2.75) is 39.2 Å². The van der Waals surface area contributed by atoms with E-state index >= 15 is 0 Å². The smallest absolute Gasteiger partial charge is 0.264 e. The number of aromatic nitrogens is 2. The number of thiophene rings is 1. The van der Waals surface area contributed by atoms with Gasteiger partial charge in [-0.2, -0.15) is 4.98 Å². The summed E-state index contributed by atoms with van der Waals surface area (Å²) in [6.45, 7) is 4.56. The maximum Gasteiger partial charge on any atom is 0.264 e. The van der Waals surface area contributed by atoms with Crippen LogP contribution in [0.25, 0.3) is 0 Å². The number of hydrogen-bond acceptors (Lipinski definition) is 5. The molecule has 3 rings (SSSR count). The largest absolute Gasteiger partial charge is 0.337 e. The molecular weight excluding hydrogens is 274 g/mol. The molecule has 0 aromatic carbocycles. The molecule has 1 amide bonds. The van der Waals surface area contributed by atoms with Crippen molar-refractivity contribution in [3.8, 4) is 0 Å². The van der Waals surface area contributed by atoms with Crippen LogP contribution in [0.3, 0.4) is 0 Å². The number of aryl methyl sites for hydroxylation is 2. The SMILES string of the molecule is Cc1noc([C@H]2CCCCN2C(=O)c2ccc(C)s2)n1. The van der Waals surface area contributed by atoms with Gasteiger partial charge in [0.1, 0.15) is 6.04 Å². The van der Waals surface area contributed by atoms with Gasteiger partial charge in [-0.15, -0.1) is 11.3 Å². The summed E-state index contributed by atoms with van der Waals surface area (Å²) in [5.74, 6) is 1.25. The number of carbonyl (C=O) groups excluding carboxylic acids is 1. The zero-order chi connectivity index (χ0) is 14.1. The van der Waals surface area contributed by atoms with E-state index in [1.807, 2.05) is 24.0 Å². The molecule has 0 N–H and O–H groups in total. The Bertz CT molecular complexity index is 619. The summed E-state index contributed by atoms with van der Waals surface area (Å²) < 4.78 is 5.27. The minimum absolute atomic E-state index is 0.0728. The summed E-state index contributed by atoms with van der Waals surface area (Å²) >= 11 is 1.53. The third-order valence-electron chi connectivity index (χ3n) is 3.54. The number of nitrogens with zero attached hydrogens (tertiary/aromatic N) is 3. The number of piperidine rings is 1. The number of carbonyl (C=O) groups is 1. The minimum Gasteiger partial charge on any atom is -0.337 e. The van der Waals surface area contributed by atoms with Crippen LogP contribution in [0.1, 0.15) is 51.6 Å².